The van der Waals surface area contributed by atoms with E-state index < -0.39 is 11.5 Å². The summed E-state index contributed by atoms with van der Waals surface area (Å²) >= 11 is -0.167. The van der Waals surface area contributed by atoms with Crippen molar-refractivity contribution in [2.24, 2.45) is 0 Å². The van der Waals surface area contributed by atoms with Crippen LogP contribution in [0.5, 0.6) is 5.75 Å². The molecule has 0 saturated carbocycles. The third-order valence-electron chi connectivity index (χ3n) is 7.12. The number of thioether (sulfide) groups is 1. The highest BCUT2D eigenvalue weighted by Gasteiger charge is 2.36. The monoisotopic (exact) mass is 558 g/mol. The number of hydrogen-bond acceptors (Lipinski definition) is 7. The average molecular weight is 559 g/mol. The number of halogens is 3. The summed E-state index contributed by atoms with van der Waals surface area (Å²) in [6.07, 6.45) is 6.02. The third kappa shape index (κ3) is 6.07. The number of alkyl halides is 3. The van der Waals surface area contributed by atoms with Crippen LogP contribution >= 0.6 is 11.8 Å². The standard InChI is InChI=1S/C28H29F3N4O3S/c1-37-25-16-18(27(36)38-2)7-10-23(25)32-13-3-5-17-15-24-22(34-21-12-9-19-8-11-20(21)33-19)6-4-14-35(24)26(17)39-28(29,30)31/h4,6-7,10,14-16,19-21,32-34H,8-9,11-13H2,1-2H3/t19-,20+,21+/m0/s1. The van der Waals surface area contributed by atoms with Crippen LogP contribution in [0.15, 0.2) is 47.6 Å². The zero-order valence-electron chi connectivity index (χ0n) is 21.5. The molecule has 7 nitrogen and oxygen atoms in total. The number of methoxy groups -OCH3 is 2. The van der Waals surface area contributed by atoms with E-state index in [2.05, 4.69) is 27.8 Å². The molecule has 0 spiro atoms. The van der Waals surface area contributed by atoms with Crippen LogP contribution in [0, 0.1) is 11.8 Å². The molecule has 4 heterocycles. The lowest BCUT2D eigenvalue weighted by Gasteiger charge is -2.31. The number of esters is 1. The predicted octanol–water partition coefficient (Wildman–Crippen LogP) is 5.50. The Bertz CT molecular complexity index is 1430. The summed E-state index contributed by atoms with van der Waals surface area (Å²) < 4.78 is 52.2. The number of carbonyl (C=O) groups excluding carboxylic acids is 1. The lowest BCUT2D eigenvalue weighted by Crippen LogP contribution is -2.47. The summed E-state index contributed by atoms with van der Waals surface area (Å²) in [6, 6.07) is 11.3. The molecule has 2 aromatic heterocycles. The summed E-state index contributed by atoms with van der Waals surface area (Å²) in [7, 11) is 2.77. The van der Waals surface area contributed by atoms with E-state index in [9.17, 15) is 18.0 Å². The molecule has 2 aliphatic rings. The number of hydrogen-bond donors (Lipinski definition) is 3. The first-order chi connectivity index (χ1) is 18.8. The van der Waals surface area contributed by atoms with Gasteiger partial charge < -0.3 is 29.8 Å². The van der Waals surface area contributed by atoms with Gasteiger partial charge >= 0.3 is 11.5 Å². The molecule has 1 aromatic carbocycles. The Morgan fingerprint density at radius 1 is 1.15 bits per heavy atom. The Balaban J connectivity index is 1.39. The number of rotatable bonds is 7. The van der Waals surface area contributed by atoms with Gasteiger partial charge in [0.15, 0.2) is 0 Å². The van der Waals surface area contributed by atoms with Gasteiger partial charge in [0.25, 0.3) is 0 Å². The number of nitrogens with one attached hydrogen (secondary N) is 3. The Labute approximate surface area is 228 Å². The zero-order chi connectivity index (χ0) is 27.6. The number of carbonyl (C=O) groups is 1. The molecule has 5 rings (SSSR count). The Kier molecular flexibility index (Phi) is 7.86. The van der Waals surface area contributed by atoms with Crippen molar-refractivity contribution in [3.63, 3.8) is 0 Å². The summed E-state index contributed by atoms with van der Waals surface area (Å²) in [5.41, 5.74) is -1.80. The van der Waals surface area contributed by atoms with Gasteiger partial charge in [-0.2, -0.15) is 13.2 Å². The molecule has 3 aromatic rings. The molecule has 2 aliphatic heterocycles. The van der Waals surface area contributed by atoms with Crippen LogP contribution in [0.2, 0.25) is 0 Å². The molecule has 0 amide bonds. The van der Waals surface area contributed by atoms with Crippen LogP contribution in [0.3, 0.4) is 0 Å². The summed E-state index contributed by atoms with van der Waals surface area (Å²) in [5.74, 6) is 5.78. The van der Waals surface area contributed by atoms with Crippen LogP contribution in [0.4, 0.5) is 24.5 Å². The summed E-state index contributed by atoms with van der Waals surface area (Å²) in [4.78, 5) is 11.8. The molecule has 0 radical (unpaired) electrons. The van der Waals surface area contributed by atoms with Crippen LogP contribution in [0.25, 0.3) is 5.52 Å². The van der Waals surface area contributed by atoms with Gasteiger partial charge in [-0.15, -0.1) is 0 Å². The minimum absolute atomic E-state index is 0.0244. The number of nitrogens with zero attached hydrogens (tertiary/aromatic N) is 1. The first-order valence-electron chi connectivity index (χ1n) is 12.7. The zero-order valence-corrected chi connectivity index (χ0v) is 22.3. The van der Waals surface area contributed by atoms with E-state index in [0.29, 0.717) is 40.2 Å². The molecule has 206 valence electrons. The number of ether oxygens (including phenoxy) is 2. The maximum atomic E-state index is 13.5. The first kappa shape index (κ1) is 27.1. The van der Waals surface area contributed by atoms with E-state index >= 15 is 0 Å². The number of aromatic nitrogens is 1. The minimum Gasteiger partial charge on any atom is -0.495 e. The lowest BCUT2D eigenvalue weighted by molar-refractivity contribution is -0.0329. The van der Waals surface area contributed by atoms with Gasteiger partial charge in [-0.25, -0.2) is 4.79 Å². The van der Waals surface area contributed by atoms with Gasteiger partial charge in [0.2, 0.25) is 0 Å². The van der Waals surface area contributed by atoms with Crippen LogP contribution in [-0.4, -0.2) is 54.8 Å². The van der Waals surface area contributed by atoms with E-state index in [0.717, 1.165) is 24.9 Å². The topological polar surface area (TPSA) is 76.0 Å². The molecule has 2 saturated heterocycles. The van der Waals surface area contributed by atoms with Crippen LogP contribution in [-0.2, 0) is 4.74 Å². The number of piperidine rings is 1. The second-order valence-electron chi connectivity index (χ2n) is 9.53. The molecular formula is C28H29F3N4O3S. The minimum atomic E-state index is -4.46. The highest BCUT2D eigenvalue weighted by Crippen LogP contribution is 2.41. The smallest absolute Gasteiger partial charge is 0.447 e. The molecule has 0 aliphatic carbocycles. The highest BCUT2D eigenvalue weighted by molar-refractivity contribution is 8.00. The molecule has 2 bridgehead atoms. The molecule has 39 heavy (non-hydrogen) atoms. The maximum Gasteiger partial charge on any atom is 0.447 e. The van der Waals surface area contributed by atoms with Crippen molar-refractivity contribution in [2.75, 3.05) is 31.4 Å². The fraction of sp³-hybridized carbons (Fsp3) is 0.393. The maximum absolute atomic E-state index is 13.5. The van der Waals surface area contributed by atoms with Crippen LogP contribution in [0.1, 0.15) is 41.6 Å². The van der Waals surface area contributed by atoms with Gasteiger partial charge in [0, 0.05) is 36.1 Å². The van der Waals surface area contributed by atoms with E-state index in [1.54, 1.807) is 40.9 Å². The van der Waals surface area contributed by atoms with E-state index in [-0.39, 0.29) is 29.4 Å². The SMILES string of the molecule is COC(=O)c1ccc(NCC#Cc2cc3c(N[C@@H]4CC[C@@H]5CC[C@H]4N5)cccn3c2SC(F)(F)F)c(OC)c1. The summed E-state index contributed by atoms with van der Waals surface area (Å²) in [6.45, 7) is 0.151. The van der Waals surface area contributed by atoms with Gasteiger partial charge in [-0.3, -0.25) is 0 Å². The average Bonchev–Trinajstić information content (AvgIpc) is 3.48. The van der Waals surface area contributed by atoms with Crippen molar-refractivity contribution in [1.82, 2.24) is 9.72 Å². The highest BCUT2D eigenvalue weighted by atomic mass is 32.2. The van der Waals surface area contributed by atoms with Crippen molar-refractivity contribution < 1.29 is 27.4 Å². The molecule has 3 atom stereocenters. The largest absolute Gasteiger partial charge is 0.495 e. The first-order valence-corrected chi connectivity index (χ1v) is 13.5. The number of anilines is 2. The Hall–Kier alpha value is -3.49. The van der Waals surface area contributed by atoms with Crippen molar-refractivity contribution in [1.29, 1.82) is 0 Å². The molecule has 0 unspecified atom stereocenters. The van der Waals surface area contributed by atoms with E-state index in [1.807, 2.05) is 6.07 Å². The second kappa shape index (κ2) is 11.3. The van der Waals surface area contributed by atoms with Gasteiger partial charge in [0.05, 0.1) is 48.8 Å². The van der Waals surface area contributed by atoms with Crippen LogP contribution < -0.4 is 20.7 Å². The third-order valence-corrected chi connectivity index (χ3v) is 7.96. The number of pyridine rings is 1. The molecule has 11 heteroatoms. The normalized spacial score (nSPS) is 20.3. The van der Waals surface area contributed by atoms with Crippen molar-refractivity contribution in [3.8, 4) is 17.6 Å². The number of fused-ring (bicyclic) bond motifs is 3. The van der Waals surface area contributed by atoms with Crippen molar-refractivity contribution in [2.45, 2.75) is 54.3 Å². The second-order valence-corrected chi connectivity index (χ2v) is 10.6. The van der Waals surface area contributed by atoms with Gasteiger partial charge in [-0.05, 0) is 62.1 Å². The van der Waals surface area contributed by atoms with Crippen molar-refractivity contribution in [3.05, 3.63) is 53.7 Å². The Morgan fingerprint density at radius 3 is 2.74 bits per heavy atom. The molecule has 3 N–H and O–H groups in total. The Morgan fingerprint density at radius 2 is 1.97 bits per heavy atom. The molecular weight excluding hydrogens is 529 g/mol. The van der Waals surface area contributed by atoms with E-state index in [1.165, 1.54) is 20.6 Å². The van der Waals surface area contributed by atoms with Gasteiger partial charge in [-0.1, -0.05) is 11.8 Å². The summed E-state index contributed by atoms with van der Waals surface area (Å²) in [5, 5.41) is 10.4. The number of benzene rings is 1. The quantitative estimate of drug-likeness (QED) is 0.201. The predicted molar refractivity (Wildman–Crippen MR) is 146 cm³/mol. The van der Waals surface area contributed by atoms with Crippen molar-refractivity contribution >= 4 is 34.6 Å². The van der Waals surface area contributed by atoms with E-state index in [4.69, 9.17) is 9.47 Å². The fourth-order valence-electron chi connectivity index (χ4n) is 5.31. The lowest BCUT2D eigenvalue weighted by atomic mass is 9.99. The molecule has 2 fully saturated rings. The fourth-order valence-corrected chi connectivity index (χ4v) is 6.01. The van der Waals surface area contributed by atoms with Gasteiger partial charge in [0.1, 0.15) is 10.8 Å².